The van der Waals surface area contributed by atoms with E-state index in [9.17, 15) is 4.39 Å². The Morgan fingerprint density at radius 3 is 2.30 bits per heavy atom. The fourth-order valence-corrected chi connectivity index (χ4v) is 2.34. The van der Waals surface area contributed by atoms with Gasteiger partial charge in [0.05, 0.1) is 7.11 Å². The van der Waals surface area contributed by atoms with E-state index in [2.05, 4.69) is 5.32 Å². The maximum Gasteiger partial charge on any atom is 0.168 e. The highest BCUT2D eigenvalue weighted by Crippen LogP contribution is 2.11. The van der Waals surface area contributed by atoms with Gasteiger partial charge in [0.2, 0.25) is 0 Å². The number of hydrogen-bond donors (Lipinski definition) is 1. The van der Waals surface area contributed by atoms with Crippen molar-refractivity contribution in [2.24, 2.45) is 0 Å². The minimum Gasteiger partial charge on any atom is -0.497 e. The van der Waals surface area contributed by atoms with Crippen LogP contribution in [0.5, 0.6) is 5.75 Å². The Labute approximate surface area is 142 Å². The summed E-state index contributed by atoms with van der Waals surface area (Å²) in [5, 5.41) is 3.93. The zero-order valence-corrected chi connectivity index (χ0v) is 14.2. The molecule has 2 rings (SSSR count). The number of nitrogens with zero attached hydrogens (tertiary/aromatic N) is 1. The smallest absolute Gasteiger partial charge is 0.168 e. The third-order valence-corrected chi connectivity index (χ3v) is 3.98. The summed E-state index contributed by atoms with van der Waals surface area (Å²) in [5.74, 6) is 0.632. The van der Waals surface area contributed by atoms with Crippen molar-refractivity contribution in [3.8, 4) is 5.75 Å². The lowest BCUT2D eigenvalue weighted by Gasteiger charge is -2.21. The molecule has 1 N–H and O–H groups in total. The molecule has 0 saturated carbocycles. The lowest BCUT2D eigenvalue weighted by molar-refractivity contribution is 0.414. The van der Waals surface area contributed by atoms with Crippen LogP contribution in [0.15, 0.2) is 48.5 Å². The van der Waals surface area contributed by atoms with Crippen molar-refractivity contribution in [3.63, 3.8) is 0 Å². The van der Waals surface area contributed by atoms with Crippen LogP contribution in [-0.4, -0.2) is 30.7 Å². The number of halogens is 1. The van der Waals surface area contributed by atoms with E-state index in [4.69, 9.17) is 17.0 Å². The molecular weight excluding hydrogens is 311 g/mol. The highest BCUT2D eigenvalue weighted by atomic mass is 32.1. The molecule has 2 aromatic carbocycles. The van der Waals surface area contributed by atoms with Gasteiger partial charge < -0.3 is 15.0 Å². The third-order valence-electron chi connectivity index (χ3n) is 3.53. The van der Waals surface area contributed by atoms with Crippen LogP contribution in [0.4, 0.5) is 4.39 Å². The number of hydrogen-bond acceptors (Lipinski definition) is 2. The van der Waals surface area contributed by atoms with Gasteiger partial charge in [-0.3, -0.25) is 0 Å². The van der Waals surface area contributed by atoms with Gasteiger partial charge in [0, 0.05) is 20.1 Å². The first-order valence-electron chi connectivity index (χ1n) is 7.45. The standard InChI is InChI=1S/C18H21FN2OS/c1-21(13-15-3-7-16(19)8-4-15)18(23)20-12-11-14-5-9-17(22-2)10-6-14/h3-10H,11-13H2,1-2H3,(H,20,23). The second kappa shape index (κ2) is 8.48. The molecule has 0 radical (unpaired) electrons. The Kier molecular flexibility index (Phi) is 6.35. The molecule has 0 aromatic heterocycles. The fourth-order valence-electron chi connectivity index (χ4n) is 2.18. The van der Waals surface area contributed by atoms with Crippen molar-refractivity contribution in [2.45, 2.75) is 13.0 Å². The minimum absolute atomic E-state index is 0.225. The Morgan fingerprint density at radius 1 is 1.09 bits per heavy atom. The Morgan fingerprint density at radius 2 is 1.70 bits per heavy atom. The minimum atomic E-state index is -0.225. The highest BCUT2D eigenvalue weighted by Gasteiger charge is 2.05. The summed E-state index contributed by atoms with van der Waals surface area (Å²) in [6, 6.07) is 14.5. The van der Waals surface area contributed by atoms with Crippen molar-refractivity contribution in [1.82, 2.24) is 10.2 Å². The summed E-state index contributed by atoms with van der Waals surface area (Å²) in [5.41, 5.74) is 2.25. The van der Waals surface area contributed by atoms with E-state index in [-0.39, 0.29) is 5.82 Å². The van der Waals surface area contributed by atoms with Gasteiger partial charge in [-0.25, -0.2) is 4.39 Å². The topological polar surface area (TPSA) is 24.5 Å². The number of thiocarbonyl (C=S) groups is 1. The molecule has 0 aliphatic carbocycles. The van der Waals surface area contributed by atoms with E-state index in [0.717, 1.165) is 24.3 Å². The molecule has 0 unspecified atom stereocenters. The van der Waals surface area contributed by atoms with E-state index in [0.29, 0.717) is 11.7 Å². The van der Waals surface area contributed by atoms with Crippen molar-refractivity contribution < 1.29 is 9.13 Å². The zero-order valence-electron chi connectivity index (χ0n) is 13.4. The largest absolute Gasteiger partial charge is 0.497 e. The quantitative estimate of drug-likeness (QED) is 0.820. The van der Waals surface area contributed by atoms with Crippen LogP contribution < -0.4 is 10.1 Å². The van der Waals surface area contributed by atoms with Crippen molar-refractivity contribution in [1.29, 1.82) is 0 Å². The van der Waals surface area contributed by atoms with Crippen LogP contribution in [0.3, 0.4) is 0 Å². The molecule has 0 bridgehead atoms. The molecule has 3 nitrogen and oxygen atoms in total. The number of methoxy groups -OCH3 is 1. The van der Waals surface area contributed by atoms with Crippen LogP contribution >= 0.6 is 12.2 Å². The van der Waals surface area contributed by atoms with Crippen LogP contribution in [0.25, 0.3) is 0 Å². The number of ether oxygens (including phenoxy) is 1. The highest BCUT2D eigenvalue weighted by molar-refractivity contribution is 7.80. The molecular formula is C18H21FN2OS. The first kappa shape index (κ1) is 17.2. The van der Waals surface area contributed by atoms with Crippen LogP contribution in [0.2, 0.25) is 0 Å². The maximum atomic E-state index is 12.9. The molecule has 0 saturated heterocycles. The lowest BCUT2D eigenvalue weighted by Crippen LogP contribution is -2.37. The lowest BCUT2D eigenvalue weighted by atomic mass is 10.1. The van der Waals surface area contributed by atoms with E-state index in [1.54, 1.807) is 19.2 Å². The molecule has 0 aliphatic heterocycles. The number of rotatable bonds is 6. The second-order valence-corrected chi connectivity index (χ2v) is 5.70. The normalized spacial score (nSPS) is 10.2. The summed E-state index contributed by atoms with van der Waals surface area (Å²) < 4.78 is 18.0. The molecule has 2 aromatic rings. The van der Waals surface area contributed by atoms with E-state index < -0.39 is 0 Å². The van der Waals surface area contributed by atoms with Crippen molar-refractivity contribution in [3.05, 3.63) is 65.5 Å². The average molecular weight is 332 g/mol. The van der Waals surface area contributed by atoms with E-state index >= 15 is 0 Å². The molecule has 0 atom stereocenters. The molecule has 0 spiro atoms. The van der Waals surface area contributed by atoms with Crippen LogP contribution in [0, 0.1) is 5.82 Å². The SMILES string of the molecule is COc1ccc(CCNC(=S)N(C)Cc2ccc(F)cc2)cc1. The van der Waals surface area contributed by atoms with Gasteiger partial charge in [-0.05, 0) is 54.0 Å². The second-order valence-electron chi connectivity index (χ2n) is 5.31. The Bertz CT molecular complexity index is 628. The van der Waals surface area contributed by atoms with Gasteiger partial charge in [0.15, 0.2) is 5.11 Å². The predicted molar refractivity (Wildman–Crippen MR) is 95.2 cm³/mol. The number of benzene rings is 2. The van der Waals surface area contributed by atoms with Gasteiger partial charge in [0.1, 0.15) is 11.6 Å². The van der Waals surface area contributed by atoms with Crippen molar-refractivity contribution in [2.75, 3.05) is 20.7 Å². The molecule has 23 heavy (non-hydrogen) atoms. The van der Waals surface area contributed by atoms with E-state index in [1.807, 2.05) is 36.2 Å². The molecule has 5 heteroatoms. The van der Waals surface area contributed by atoms with Gasteiger partial charge in [-0.15, -0.1) is 0 Å². The number of nitrogens with one attached hydrogen (secondary N) is 1. The summed E-state index contributed by atoms with van der Waals surface area (Å²) in [6.07, 6.45) is 0.883. The maximum absolute atomic E-state index is 12.9. The van der Waals surface area contributed by atoms with Crippen LogP contribution in [0.1, 0.15) is 11.1 Å². The molecule has 0 heterocycles. The van der Waals surface area contributed by atoms with Gasteiger partial charge in [0.25, 0.3) is 0 Å². The molecule has 0 aliphatic rings. The Balaban J connectivity index is 1.75. The van der Waals surface area contributed by atoms with Gasteiger partial charge in [-0.2, -0.15) is 0 Å². The van der Waals surface area contributed by atoms with Gasteiger partial charge >= 0.3 is 0 Å². The fraction of sp³-hybridized carbons (Fsp3) is 0.278. The zero-order chi connectivity index (χ0) is 16.7. The van der Waals surface area contributed by atoms with E-state index in [1.165, 1.54) is 17.7 Å². The molecule has 122 valence electrons. The molecule has 0 fully saturated rings. The summed E-state index contributed by atoms with van der Waals surface area (Å²) >= 11 is 5.38. The summed E-state index contributed by atoms with van der Waals surface area (Å²) in [6.45, 7) is 1.41. The first-order valence-corrected chi connectivity index (χ1v) is 7.85. The van der Waals surface area contributed by atoms with Gasteiger partial charge in [-0.1, -0.05) is 24.3 Å². The summed E-state index contributed by atoms with van der Waals surface area (Å²) in [4.78, 5) is 1.94. The molecule has 0 amide bonds. The summed E-state index contributed by atoms with van der Waals surface area (Å²) in [7, 11) is 3.58. The third kappa shape index (κ3) is 5.53. The van der Waals surface area contributed by atoms with Crippen LogP contribution in [-0.2, 0) is 13.0 Å². The first-order chi connectivity index (χ1) is 11.1. The Hall–Kier alpha value is -2.14. The average Bonchev–Trinajstić information content (AvgIpc) is 2.57. The van der Waals surface area contributed by atoms with Crippen molar-refractivity contribution >= 4 is 17.3 Å². The predicted octanol–water partition coefficient (Wildman–Crippen LogP) is 3.38. The monoisotopic (exact) mass is 332 g/mol.